The van der Waals surface area contributed by atoms with Gasteiger partial charge in [-0.15, -0.1) is 11.6 Å². The van der Waals surface area contributed by atoms with Gasteiger partial charge in [-0.1, -0.05) is 6.07 Å². The summed E-state index contributed by atoms with van der Waals surface area (Å²) in [5.41, 5.74) is 1.87. The van der Waals surface area contributed by atoms with Crippen LogP contribution in [-0.4, -0.2) is 11.3 Å². The van der Waals surface area contributed by atoms with E-state index in [0.29, 0.717) is 0 Å². The number of carbonyl (C=O) groups excluding carboxylic acids is 1. The highest BCUT2D eigenvalue weighted by atomic mass is 127. The lowest BCUT2D eigenvalue weighted by atomic mass is 10.2. The molecule has 76 valence electrons. The van der Waals surface area contributed by atoms with E-state index in [1.54, 1.807) is 6.92 Å². The Balaban J connectivity index is 2.86. The Bertz CT molecular complexity index is 352. The lowest BCUT2D eigenvalue weighted by molar-refractivity contribution is -0.115. The van der Waals surface area contributed by atoms with Crippen LogP contribution in [0.25, 0.3) is 0 Å². The van der Waals surface area contributed by atoms with Crippen molar-refractivity contribution >= 4 is 45.8 Å². The normalized spacial score (nSPS) is 12.3. The van der Waals surface area contributed by atoms with Crippen molar-refractivity contribution in [1.29, 1.82) is 0 Å². The van der Waals surface area contributed by atoms with Crippen LogP contribution in [0.15, 0.2) is 18.2 Å². The molecule has 0 fully saturated rings. The number of amides is 1. The molecule has 0 bridgehead atoms. The van der Waals surface area contributed by atoms with Crippen LogP contribution in [0.1, 0.15) is 12.5 Å². The topological polar surface area (TPSA) is 29.1 Å². The maximum Gasteiger partial charge on any atom is 0.242 e. The van der Waals surface area contributed by atoms with Crippen LogP contribution in [0, 0.1) is 10.5 Å². The fraction of sp³-hybridized carbons (Fsp3) is 0.300. The summed E-state index contributed by atoms with van der Waals surface area (Å²) in [6, 6.07) is 5.89. The van der Waals surface area contributed by atoms with Crippen molar-refractivity contribution in [1.82, 2.24) is 0 Å². The van der Waals surface area contributed by atoms with Gasteiger partial charge < -0.3 is 5.32 Å². The summed E-state index contributed by atoms with van der Waals surface area (Å²) in [4.78, 5) is 11.3. The van der Waals surface area contributed by atoms with Crippen molar-refractivity contribution < 1.29 is 4.79 Å². The molecule has 1 atom stereocenters. The molecule has 1 N–H and O–H groups in total. The first kappa shape index (κ1) is 11.8. The molecule has 1 amide bonds. The largest absolute Gasteiger partial charge is 0.325 e. The number of halogens is 2. The van der Waals surface area contributed by atoms with Gasteiger partial charge in [-0.05, 0) is 54.1 Å². The maximum atomic E-state index is 11.3. The molecule has 0 spiro atoms. The van der Waals surface area contributed by atoms with E-state index in [0.717, 1.165) is 14.8 Å². The molecule has 0 aliphatic rings. The molecule has 1 unspecified atom stereocenters. The predicted molar refractivity (Wildman–Crippen MR) is 67.8 cm³/mol. The third-order valence-electron chi connectivity index (χ3n) is 1.82. The van der Waals surface area contributed by atoms with Gasteiger partial charge in [0, 0.05) is 9.26 Å². The van der Waals surface area contributed by atoms with Crippen LogP contribution in [0.2, 0.25) is 0 Å². The van der Waals surface area contributed by atoms with Crippen molar-refractivity contribution in [3.05, 3.63) is 27.3 Å². The van der Waals surface area contributed by atoms with Crippen LogP contribution >= 0.6 is 34.2 Å². The highest BCUT2D eigenvalue weighted by Crippen LogP contribution is 2.18. The van der Waals surface area contributed by atoms with Crippen LogP contribution in [0.4, 0.5) is 5.69 Å². The van der Waals surface area contributed by atoms with Gasteiger partial charge in [-0.2, -0.15) is 0 Å². The molecule has 0 heterocycles. The van der Waals surface area contributed by atoms with Gasteiger partial charge in [0.1, 0.15) is 5.38 Å². The van der Waals surface area contributed by atoms with Crippen molar-refractivity contribution in [3.63, 3.8) is 0 Å². The Morgan fingerprint density at radius 3 is 2.79 bits per heavy atom. The minimum absolute atomic E-state index is 0.170. The number of rotatable bonds is 2. The molecule has 0 aliphatic heterocycles. The third-order valence-corrected chi connectivity index (χ3v) is 2.69. The summed E-state index contributed by atoms with van der Waals surface area (Å²) >= 11 is 7.86. The summed E-state index contributed by atoms with van der Waals surface area (Å²) in [6.07, 6.45) is 0. The lowest BCUT2D eigenvalue weighted by Gasteiger charge is -2.09. The Kier molecular flexibility index (Phi) is 4.19. The van der Waals surface area contributed by atoms with E-state index in [1.165, 1.54) is 0 Å². The Morgan fingerprint density at radius 1 is 1.57 bits per heavy atom. The van der Waals surface area contributed by atoms with Gasteiger partial charge in [0.25, 0.3) is 0 Å². The molecule has 0 aromatic heterocycles. The third kappa shape index (κ3) is 3.13. The van der Waals surface area contributed by atoms with E-state index in [4.69, 9.17) is 11.6 Å². The van der Waals surface area contributed by atoms with E-state index < -0.39 is 5.38 Å². The summed E-state index contributed by atoms with van der Waals surface area (Å²) in [5.74, 6) is -0.170. The number of hydrogen-bond donors (Lipinski definition) is 1. The fourth-order valence-corrected chi connectivity index (χ4v) is 1.51. The molecular weight excluding hydrogens is 312 g/mol. The highest BCUT2D eigenvalue weighted by Gasteiger charge is 2.10. The van der Waals surface area contributed by atoms with Crippen LogP contribution < -0.4 is 5.32 Å². The molecule has 0 aliphatic carbocycles. The number of alkyl halides is 1. The van der Waals surface area contributed by atoms with E-state index in [9.17, 15) is 4.79 Å². The molecule has 2 nitrogen and oxygen atoms in total. The first-order valence-electron chi connectivity index (χ1n) is 4.22. The van der Waals surface area contributed by atoms with Crippen LogP contribution in [-0.2, 0) is 4.79 Å². The summed E-state index contributed by atoms with van der Waals surface area (Å²) in [7, 11) is 0. The van der Waals surface area contributed by atoms with Crippen molar-refractivity contribution in [2.45, 2.75) is 19.2 Å². The minimum atomic E-state index is -0.507. The average Bonchev–Trinajstić information content (AvgIpc) is 2.11. The first-order chi connectivity index (χ1) is 6.50. The van der Waals surface area contributed by atoms with Crippen LogP contribution in [0.5, 0.6) is 0 Å². The zero-order chi connectivity index (χ0) is 10.7. The molecular formula is C10H11ClINO. The summed E-state index contributed by atoms with van der Waals surface area (Å²) in [5, 5.41) is 2.27. The standard InChI is InChI=1S/C10H11ClINO/c1-6-3-4-8(12)5-9(6)13-10(14)7(2)11/h3-5,7H,1-2H3,(H,13,14). The second-order valence-electron chi connectivity index (χ2n) is 3.06. The van der Waals surface area contributed by atoms with Gasteiger partial charge in [-0.25, -0.2) is 0 Å². The number of aryl methyl sites for hydroxylation is 1. The second kappa shape index (κ2) is 4.98. The lowest BCUT2D eigenvalue weighted by Crippen LogP contribution is -2.20. The average molecular weight is 324 g/mol. The van der Waals surface area contributed by atoms with Gasteiger partial charge in [0.05, 0.1) is 0 Å². The fourth-order valence-electron chi connectivity index (χ4n) is 0.961. The van der Waals surface area contributed by atoms with E-state index in [1.807, 2.05) is 25.1 Å². The SMILES string of the molecule is Cc1ccc(I)cc1NC(=O)C(C)Cl. The van der Waals surface area contributed by atoms with Gasteiger partial charge in [0.2, 0.25) is 5.91 Å². The monoisotopic (exact) mass is 323 g/mol. The number of benzene rings is 1. The van der Waals surface area contributed by atoms with Crippen LogP contribution in [0.3, 0.4) is 0 Å². The molecule has 1 rings (SSSR count). The van der Waals surface area contributed by atoms with Crippen molar-refractivity contribution in [2.24, 2.45) is 0 Å². The summed E-state index contributed by atoms with van der Waals surface area (Å²) < 4.78 is 1.09. The summed E-state index contributed by atoms with van der Waals surface area (Å²) in [6.45, 7) is 3.60. The molecule has 0 radical (unpaired) electrons. The van der Waals surface area contributed by atoms with Gasteiger partial charge in [0.15, 0.2) is 0 Å². The smallest absolute Gasteiger partial charge is 0.242 e. The zero-order valence-electron chi connectivity index (χ0n) is 7.97. The molecule has 0 saturated carbocycles. The first-order valence-corrected chi connectivity index (χ1v) is 5.73. The van der Waals surface area contributed by atoms with E-state index in [-0.39, 0.29) is 5.91 Å². The van der Waals surface area contributed by atoms with Gasteiger partial charge >= 0.3 is 0 Å². The van der Waals surface area contributed by atoms with E-state index in [2.05, 4.69) is 27.9 Å². The molecule has 1 aromatic rings. The zero-order valence-corrected chi connectivity index (χ0v) is 10.9. The molecule has 0 saturated heterocycles. The maximum absolute atomic E-state index is 11.3. The molecule has 1 aromatic carbocycles. The molecule has 4 heteroatoms. The predicted octanol–water partition coefficient (Wildman–Crippen LogP) is 3.17. The number of hydrogen-bond acceptors (Lipinski definition) is 1. The Labute approximate surface area is 102 Å². The Morgan fingerprint density at radius 2 is 2.21 bits per heavy atom. The van der Waals surface area contributed by atoms with Crippen molar-refractivity contribution in [2.75, 3.05) is 5.32 Å². The number of carbonyl (C=O) groups is 1. The van der Waals surface area contributed by atoms with E-state index >= 15 is 0 Å². The number of nitrogens with one attached hydrogen (secondary N) is 1. The minimum Gasteiger partial charge on any atom is -0.325 e. The molecule has 14 heavy (non-hydrogen) atoms. The highest BCUT2D eigenvalue weighted by molar-refractivity contribution is 14.1. The van der Waals surface area contributed by atoms with Crippen molar-refractivity contribution in [3.8, 4) is 0 Å². The quantitative estimate of drug-likeness (QED) is 0.657. The number of anilines is 1. The second-order valence-corrected chi connectivity index (χ2v) is 4.96. The Hall–Kier alpha value is -0.290. The van der Waals surface area contributed by atoms with Gasteiger partial charge in [-0.3, -0.25) is 4.79 Å².